The number of carboxylic acid groups (broad SMARTS) is 1. The van der Waals surface area contributed by atoms with E-state index >= 15 is 0 Å². The maximum atomic E-state index is 12.4. The number of amides is 1. The van der Waals surface area contributed by atoms with Crippen LogP contribution in [0.15, 0.2) is 41.3 Å². The van der Waals surface area contributed by atoms with Gasteiger partial charge in [-0.3, -0.25) is 14.4 Å². The molecule has 1 aromatic heterocycles. The third kappa shape index (κ3) is 5.04. The molecule has 8 nitrogen and oxygen atoms in total. The fraction of sp³-hybridized carbons (Fsp3) is 0.263. The summed E-state index contributed by atoms with van der Waals surface area (Å²) in [6, 6.07) is 7.40. The van der Waals surface area contributed by atoms with Gasteiger partial charge >= 0.3 is 11.9 Å². The van der Waals surface area contributed by atoms with Crippen molar-refractivity contribution in [3.05, 3.63) is 58.0 Å². The lowest BCUT2D eigenvalue weighted by Gasteiger charge is -2.20. The third-order valence-corrected chi connectivity index (χ3v) is 3.52. The van der Waals surface area contributed by atoms with Gasteiger partial charge in [0, 0.05) is 11.8 Å². The molecule has 0 aliphatic heterocycles. The van der Waals surface area contributed by atoms with Gasteiger partial charge in [0.05, 0.1) is 0 Å². The van der Waals surface area contributed by atoms with Crippen molar-refractivity contribution in [3.63, 3.8) is 0 Å². The van der Waals surface area contributed by atoms with Gasteiger partial charge in [0.2, 0.25) is 5.91 Å². The number of carbonyl (C=O) groups is 3. The quantitative estimate of drug-likeness (QED) is 0.768. The smallest absolute Gasteiger partial charge is 0.341 e. The topological polar surface area (TPSA) is 129 Å². The van der Waals surface area contributed by atoms with Crippen LogP contribution in [0, 0.1) is 0 Å². The highest BCUT2D eigenvalue weighted by atomic mass is 16.6. The van der Waals surface area contributed by atoms with E-state index < -0.39 is 41.1 Å². The van der Waals surface area contributed by atoms with Crippen molar-refractivity contribution < 1.29 is 24.2 Å². The highest BCUT2D eigenvalue weighted by Crippen LogP contribution is 2.21. The van der Waals surface area contributed by atoms with Crippen molar-refractivity contribution in [1.82, 2.24) is 4.57 Å². The minimum Gasteiger partial charge on any atom is -0.477 e. The zero-order chi connectivity index (χ0) is 20.4. The summed E-state index contributed by atoms with van der Waals surface area (Å²) in [5.74, 6) is -2.74. The predicted octanol–water partition coefficient (Wildman–Crippen LogP) is 1.65. The molecule has 8 heteroatoms. The van der Waals surface area contributed by atoms with Crippen LogP contribution >= 0.6 is 0 Å². The number of aromatic carboxylic acids is 1. The molecule has 3 N–H and O–H groups in total. The summed E-state index contributed by atoms with van der Waals surface area (Å²) in [6.45, 7) is 4.60. The number of benzene rings is 1. The van der Waals surface area contributed by atoms with E-state index in [2.05, 4.69) is 0 Å². The van der Waals surface area contributed by atoms with Gasteiger partial charge in [0.15, 0.2) is 0 Å². The van der Waals surface area contributed by atoms with Crippen LogP contribution in [0.2, 0.25) is 0 Å². The molecule has 0 spiro atoms. The van der Waals surface area contributed by atoms with Crippen LogP contribution in [-0.4, -0.2) is 33.1 Å². The van der Waals surface area contributed by atoms with Crippen LogP contribution in [0.3, 0.4) is 0 Å². The van der Waals surface area contributed by atoms with Crippen molar-refractivity contribution in [2.24, 2.45) is 5.73 Å². The molecule has 0 saturated carbocycles. The summed E-state index contributed by atoms with van der Waals surface area (Å²) in [6.07, 6.45) is 1.35. The minimum absolute atomic E-state index is 0.231. The first-order chi connectivity index (χ1) is 12.5. The molecular weight excluding hydrogens is 352 g/mol. The molecule has 0 atom stereocenters. The highest BCUT2D eigenvalue weighted by Gasteiger charge is 2.20. The number of nitrogens with zero attached hydrogens (tertiary/aromatic N) is 1. The first kappa shape index (κ1) is 19.9. The Morgan fingerprint density at radius 2 is 1.81 bits per heavy atom. The van der Waals surface area contributed by atoms with Crippen LogP contribution < -0.4 is 11.3 Å². The second kappa shape index (κ2) is 7.45. The first-order valence-electron chi connectivity index (χ1n) is 8.08. The molecule has 1 aromatic carbocycles. The van der Waals surface area contributed by atoms with Crippen LogP contribution in [0.5, 0.6) is 0 Å². The van der Waals surface area contributed by atoms with Crippen molar-refractivity contribution in [3.8, 4) is 11.1 Å². The Hall–Kier alpha value is -3.42. The standard InChI is InChI=1S/C19H20N2O6/c1-19(2,3)27-15(22)10-21-9-13(8-14(17(21)24)18(25)26)11-5-4-6-12(7-11)16(20)23/h4-9H,10H2,1-3H3,(H2,20,23)(H,25,26). The summed E-state index contributed by atoms with van der Waals surface area (Å²) in [5, 5.41) is 9.32. The second-order valence-electron chi connectivity index (χ2n) is 6.91. The van der Waals surface area contributed by atoms with Gasteiger partial charge in [-0.2, -0.15) is 0 Å². The Labute approximate surface area is 155 Å². The zero-order valence-electron chi connectivity index (χ0n) is 15.2. The van der Waals surface area contributed by atoms with Crippen LogP contribution in [0.4, 0.5) is 0 Å². The number of ether oxygens (including phenoxy) is 1. The molecular formula is C19H20N2O6. The maximum Gasteiger partial charge on any atom is 0.341 e. The number of hydrogen-bond donors (Lipinski definition) is 2. The van der Waals surface area contributed by atoms with Gasteiger partial charge in [0.1, 0.15) is 17.7 Å². The fourth-order valence-corrected chi connectivity index (χ4v) is 2.43. The number of carboxylic acids is 1. The average molecular weight is 372 g/mol. The molecule has 2 rings (SSSR count). The summed E-state index contributed by atoms with van der Waals surface area (Å²) in [7, 11) is 0. The average Bonchev–Trinajstić information content (AvgIpc) is 2.54. The molecule has 0 fully saturated rings. The largest absolute Gasteiger partial charge is 0.477 e. The van der Waals surface area contributed by atoms with Crippen molar-refractivity contribution >= 4 is 17.8 Å². The number of hydrogen-bond acceptors (Lipinski definition) is 5. The summed E-state index contributed by atoms with van der Waals surface area (Å²) >= 11 is 0. The lowest BCUT2D eigenvalue weighted by atomic mass is 10.0. The highest BCUT2D eigenvalue weighted by molar-refractivity contribution is 5.94. The lowest BCUT2D eigenvalue weighted by Crippen LogP contribution is -2.32. The van der Waals surface area contributed by atoms with E-state index in [1.165, 1.54) is 24.4 Å². The Kier molecular flexibility index (Phi) is 5.49. The van der Waals surface area contributed by atoms with E-state index in [4.69, 9.17) is 10.5 Å². The maximum absolute atomic E-state index is 12.4. The molecule has 0 bridgehead atoms. The molecule has 0 radical (unpaired) electrons. The molecule has 2 aromatic rings. The molecule has 0 unspecified atom stereocenters. The number of pyridine rings is 1. The van der Waals surface area contributed by atoms with Gasteiger partial charge in [-0.1, -0.05) is 12.1 Å². The fourth-order valence-electron chi connectivity index (χ4n) is 2.43. The second-order valence-corrected chi connectivity index (χ2v) is 6.91. The zero-order valence-corrected chi connectivity index (χ0v) is 15.2. The Balaban J connectivity index is 2.54. The molecule has 142 valence electrons. The lowest BCUT2D eigenvalue weighted by molar-refractivity contribution is -0.155. The Morgan fingerprint density at radius 3 is 2.37 bits per heavy atom. The van der Waals surface area contributed by atoms with Crippen molar-refractivity contribution in [1.29, 1.82) is 0 Å². The van der Waals surface area contributed by atoms with E-state index in [-0.39, 0.29) is 5.56 Å². The summed E-state index contributed by atoms with van der Waals surface area (Å²) in [5.41, 5.74) is 4.25. The number of rotatable bonds is 5. The summed E-state index contributed by atoms with van der Waals surface area (Å²) < 4.78 is 6.16. The van der Waals surface area contributed by atoms with Crippen LogP contribution in [0.25, 0.3) is 11.1 Å². The van der Waals surface area contributed by atoms with Gasteiger partial charge in [-0.15, -0.1) is 0 Å². The molecule has 0 saturated heterocycles. The SMILES string of the molecule is CC(C)(C)OC(=O)Cn1cc(-c2cccc(C(N)=O)c2)cc(C(=O)O)c1=O. The third-order valence-electron chi connectivity index (χ3n) is 3.52. The molecule has 0 aliphatic carbocycles. The summed E-state index contributed by atoms with van der Waals surface area (Å²) in [4.78, 5) is 47.2. The Bertz CT molecular complexity index is 969. The molecule has 27 heavy (non-hydrogen) atoms. The Morgan fingerprint density at radius 1 is 1.15 bits per heavy atom. The number of nitrogens with two attached hydrogens (primary N) is 1. The van der Waals surface area contributed by atoms with E-state index in [9.17, 15) is 24.3 Å². The minimum atomic E-state index is -1.43. The van der Waals surface area contributed by atoms with E-state index in [0.717, 1.165) is 4.57 Å². The van der Waals surface area contributed by atoms with Crippen molar-refractivity contribution in [2.45, 2.75) is 32.9 Å². The van der Waals surface area contributed by atoms with E-state index in [1.807, 2.05) is 0 Å². The number of aromatic nitrogens is 1. The van der Waals surface area contributed by atoms with E-state index in [1.54, 1.807) is 32.9 Å². The normalized spacial score (nSPS) is 11.1. The molecule has 0 aliphatic rings. The monoisotopic (exact) mass is 372 g/mol. The van der Waals surface area contributed by atoms with Gasteiger partial charge < -0.3 is 20.1 Å². The van der Waals surface area contributed by atoms with Crippen LogP contribution in [-0.2, 0) is 16.1 Å². The molecule has 1 heterocycles. The predicted molar refractivity (Wildman–Crippen MR) is 97.5 cm³/mol. The number of carbonyl (C=O) groups excluding carboxylic acids is 2. The van der Waals surface area contributed by atoms with E-state index in [0.29, 0.717) is 11.1 Å². The van der Waals surface area contributed by atoms with Gasteiger partial charge in [0.25, 0.3) is 5.56 Å². The van der Waals surface area contributed by atoms with Gasteiger partial charge in [-0.05, 0) is 50.1 Å². The molecule has 1 amide bonds. The number of esters is 1. The van der Waals surface area contributed by atoms with Crippen molar-refractivity contribution in [2.75, 3.05) is 0 Å². The first-order valence-corrected chi connectivity index (χ1v) is 8.08. The van der Waals surface area contributed by atoms with Gasteiger partial charge in [-0.25, -0.2) is 4.79 Å². The number of primary amides is 1. The van der Waals surface area contributed by atoms with Crippen LogP contribution in [0.1, 0.15) is 41.5 Å².